The number of benzene rings is 1. The zero-order valence-corrected chi connectivity index (χ0v) is 12.7. The molecular weight excluding hydrogens is 318 g/mol. The molecule has 2 aliphatic rings. The van der Waals surface area contributed by atoms with Crippen molar-refractivity contribution in [3.8, 4) is 0 Å². The van der Waals surface area contributed by atoms with Crippen molar-refractivity contribution in [2.45, 2.75) is 18.9 Å². The maximum Gasteiger partial charge on any atom is 0.270 e. The van der Waals surface area contributed by atoms with Gasteiger partial charge in [0.25, 0.3) is 17.5 Å². The second-order valence-corrected chi connectivity index (χ2v) is 5.62. The van der Waals surface area contributed by atoms with Crippen molar-refractivity contribution in [2.75, 3.05) is 19.7 Å². The van der Waals surface area contributed by atoms with Crippen LogP contribution in [0.15, 0.2) is 18.2 Å². The average molecular weight is 333 g/mol. The standard InChI is InChI=1S/C15H15N3O6/c19-13(16-7-10-2-1-5-24-10)8-17-14(20)11-4-3-9(18(22)23)6-12(11)15(17)21/h3-4,6,10H,1-2,5,7-8H2,(H,16,19)/t10-/m1/s1. The lowest BCUT2D eigenvalue weighted by molar-refractivity contribution is -0.384. The molecule has 24 heavy (non-hydrogen) atoms. The predicted octanol–water partition coefficient (Wildman–Crippen LogP) is 0.486. The first-order valence-electron chi connectivity index (χ1n) is 7.50. The van der Waals surface area contributed by atoms with Gasteiger partial charge in [0.15, 0.2) is 0 Å². The van der Waals surface area contributed by atoms with Gasteiger partial charge in [0.05, 0.1) is 22.2 Å². The molecular formula is C15H15N3O6. The van der Waals surface area contributed by atoms with E-state index in [9.17, 15) is 24.5 Å². The van der Waals surface area contributed by atoms with E-state index in [1.54, 1.807) is 0 Å². The Morgan fingerprint density at radius 3 is 2.75 bits per heavy atom. The van der Waals surface area contributed by atoms with Crippen LogP contribution in [0.5, 0.6) is 0 Å². The summed E-state index contributed by atoms with van der Waals surface area (Å²) in [7, 11) is 0. The highest BCUT2D eigenvalue weighted by atomic mass is 16.6. The molecule has 0 unspecified atom stereocenters. The Labute approximate surface area is 136 Å². The lowest BCUT2D eigenvalue weighted by Crippen LogP contribution is -2.42. The second kappa shape index (κ2) is 6.36. The maximum absolute atomic E-state index is 12.3. The Bertz CT molecular complexity index is 726. The van der Waals surface area contributed by atoms with Crippen molar-refractivity contribution in [3.63, 3.8) is 0 Å². The van der Waals surface area contributed by atoms with Crippen LogP contribution in [0.3, 0.4) is 0 Å². The van der Waals surface area contributed by atoms with Gasteiger partial charge in [-0.25, -0.2) is 0 Å². The third-order valence-corrected chi connectivity index (χ3v) is 4.02. The van der Waals surface area contributed by atoms with E-state index < -0.39 is 29.2 Å². The number of nitro groups is 1. The molecule has 1 fully saturated rings. The molecule has 1 N–H and O–H groups in total. The Kier molecular flexibility index (Phi) is 4.26. The molecule has 3 amide bonds. The molecule has 0 aromatic heterocycles. The van der Waals surface area contributed by atoms with Gasteiger partial charge in [0.1, 0.15) is 6.54 Å². The normalized spacial score (nSPS) is 19.5. The zero-order valence-electron chi connectivity index (χ0n) is 12.7. The molecule has 126 valence electrons. The highest BCUT2D eigenvalue weighted by Crippen LogP contribution is 2.26. The fraction of sp³-hybridized carbons (Fsp3) is 0.400. The van der Waals surface area contributed by atoms with Crippen LogP contribution in [-0.2, 0) is 9.53 Å². The molecule has 3 rings (SSSR count). The number of carbonyl (C=O) groups is 3. The summed E-state index contributed by atoms with van der Waals surface area (Å²) >= 11 is 0. The molecule has 0 saturated carbocycles. The van der Waals surface area contributed by atoms with Gasteiger partial charge >= 0.3 is 0 Å². The first-order chi connectivity index (χ1) is 11.5. The number of nitrogens with zero attached hydrogens (tertiary/aromatic N) is 2. The third-order valence-electron chi connectivity index (χ3n) is 4.02. The fourth-order valence-electron chi connectivity index (χ4n) is 2.77. The number of imide groups is 1. The summed E-state index contributed by atoms with van der Waals surface area (Å²) in [6.07, 6.45) is 1.76. The molecule has 0 bridgehead atoms. The third kappa shape index (κ3) is 2.98. The summed E-state index contributed by atoms with van der Waals surface area (Å²) in [4.78, 5) is 47.3. The van der Waals surface area contributed by atoms with Crippen LogP contribution >= 0.6 is 0 Å². The lowest BCUT2D eigenvalue weighted by atomic mass is 10.1. The Balaban J connectivity index is 1.66. The number of carbonyl (C=O) groups excluding carboxylic acids is 3. The number of hydrogen-bond donors (Lipinski definition) is 1. The minimum absolute atomic E-state index is 0.0428. The summed E-state index contributed by atoms with van der Waals surface area (Å²) in [5.74, 6) is -1.81. The quantitative estimate of drug-likeness (QED) is 0.476. The number of non-ortho nitro benzene ring substituents is 1. The van der Waals surface area contributed by atoms with Crippen molar-refractivity contribution in [1.29, 1.82) is 0 Å². The molecule has 0 spiro atoms. The van der Waals surface area contributed by atoms with Crippen molar-refractivity contribution in [3.05, 3.63) is 39.4 Å². The molecule has 0 radical (unpaired) electrons. The van der Waals surface area contributed by atoms with Gasteiger partial charge in [0.2, 0.25) is 5.91 Å². The molecule has 2 aliphatic heterocycles. The van der Waals surface area contributed by atoms with E-state index in [-0.39, 0.29) is 22.9 Å². The number of fused-ring (bicyclic) bond motifs is 1. The summed E-state index contributed by atoms with van der Waals surface area (Å²) in [5, 5.41) is 13.4. The largest absolute Gasteiger partial charge is 0.376 e. The number of ether oxygens (including phenoxy) is 1. The number of amides is 3. The van der Waals surface area contributed by atoms with E-state index in [1.807, 2.05) is 0 Å². The summed E-state index contributed by atoms with van der Waals surface area (Å²) in [6.45, 7) is 0.568. The number of rotatable bonds is 5. The minimum Gasteiger partial charge on any atom is -0.376 e. The maximum atomic E-state index is 12.3. The average Bonchev–Trinajstić information content (AvgIpc) is 3.16. The predicted molar refractivity (Wildman–Crippen MR) is 80.4 cm³/mol. The first kappa shape index (κ1) is 16.1. The molecule has 1 saturated heterocycles. The zero-order chi connectivity index (χ0) is 17.3. The van der Waals surface area contributed by atoms with Crippen LogP contribution in [0.4, 0.5) is 5.69 Å². The van der Waals surface area contributed by atoms with Crippen LogP contribution in [0.25, 0.3) is 0 Å². The molecule has 0 aliphatic carbocycles. The van der Waals surface area contributed by atoms with E-state index >= 15 is 0 Å². The van der Waals surface area contributed by atoms with E-state index in [0.29, 0.717) is 13.2 Å². The van der Waals surface area contributed by atoms with Crippen LogP contribution in [0, 0.1) is 10.1 Å². The second-order valence-electron chi connectivity index (χ2n) is 5.62. The van der Waals surface area contributed by atoms with Crippen molar-refractivity contribution >= 4 is 23.4 Å². The van der Waals surface area contributed by atoms with Crippen LogP contribution in [0.2, 0.25) is 0 Å². The Morgan fingerprint density at radius 1 is 1.33 bits per heavy atom. The first-order valence-corrected chi connectivity index (χ1v) is 7.50. The van der Waals surface area contributed by atoms with Gasteiger partial charge in [0, 0.05) is 25.3 Å². The van der Waals surface area contributed by atoms with Crippen molar-refractivity contribution in [1.82, 2.24) is 10.2 Å². The van der Waals surface area contributed by atoms with Gasteiger partial charge in [-0.3, -0.25) is 29.4 Å². The summed E-state index contributed by atoms with van der Waals surface area (Å²) in [5.41, 5.74) is -0.266. The van der Waals surface area contributed by atoms with Gasteiger partial charge < -0.3 is 10.1 Å². The van der Waals surface area contributed by atoms with Gasteiger partial charge in [-0.2, -0.15) is 0 Å². The highest BCUT2D eigenvalue weighted by molar-refractivity contribution is 6.22. The minimum atomic E-state index is -0.703. The number of nitro benzene ring substituents is 1. The van der Waals surface area contributed by atoms with Crippen molar-refractivity contribution < 1.29 is 24.0 Å². The highest BCUT2D eigenvalue weighted by Gasteiger charge is 2.37. The molecule has 1 aromatic carbocycles. The van der Waals surface area contributed by atoms with E-state index in [2.05, 4.69) is 5.32 Å². The molecule has 2 heterocycles. The molecule has 1 atom stereocenters. The summed E-state index contributed by atoms with van der Waals surface area (Å²) in [6, 6.07) is 3.45. The SMILES string of the molecule is O=C(CN1C(=O)c2ccc([N+](=O)[O-])cc2C1=O)NC[C@H]1CCCO1. The Morgan fingerprint density at radius 2 is 2.08 bits per heavy atom. The van der Waals surface area contributed by atoms with Crippen LogP contribution in [-0.4, -0.2) is 53.3 Å². The monoisotopic (exact) mass is 333 g/mol. The topological polar surface area (TPSA) is 119 Å². The smallest absolute Gasteiger partial charge is 0.270 e. The summed E-state index contributed by atoms with van der Waals surface area (Å²) < 4.78 is 5.38. The van der Waals surface area contributed by atoms with Crippen LogP contribution in [0.1, 0.15) is 33.6 Å². The molecule has 9 nitrogen and oxygen atoms in total. The van der Waals surface area contributed by atoms with Gasteiger partial charge in [-0.15, -0.1) is 0 Å². The van der Waals surface area contributed by atoms with E-state index in [1.165, 1.54) is 6.07 Å². The fourth-order valence-corrected chi connectivity index (χ4v) is 2.77. The number of hydrogen-bond acceptors (Lipinski definition) is 6. The molecule has 1 aromatic rings. The molecule has 9 heteroatoms. The Hall–Kier alpha value is -2.81. The van der Waals surface area contributed by atoms with E-state index in [0.717, 1.165) is 29.9 Å². The van der Waals surface area contributed by atoms with Gasteiger partial charge in [-0.1, -0.05) is 0 Å². The van der Waals surface area contributed by atoms with Gasteiger partial charge in [-0.05, 0) is 18.9 Å². The van der Waals surface area contributed by atoms with E-state index in [4.69, 9.17) is 4.74 Å². The van der Waals surface area contributed by atoms with Crippen molar-refractivity contribution in [2.24, 2.45) is 0 Å². The lowest BCUT2D eigenvalue weighted by Gasteiger charge is -2.15. The van der Waals surface area contributed by atoms with Crippen LogP contribution < -0.4 is 5.32 Å². The number of nitrogens with one attached hydrogen (secondary N) is 1.